The van der Waals surface area contributed by atoms with Gasteiger partial charge in [0, 0.05) is 12.0 Å². The molecule has 0 heterocycles. The maximum Gasteiger partial charge on any atom is 0.320 e. The third kappa shape index (κ3) is 3.56. The number of rotatable bonds is 6. The predicted octanol–water partition coefficient (Wildman–Crippen LogP) is 1.33. The lowest BCUT2D eigenvalue weighted by molar-refractivity contribution is -0.138. The molecule has 0 saturated heterocycles. The summed E-state index contributed by atoms with van der Waals surface area (Å²) in [7, 11) is 0. The van der Waals surface area contributed by atoms with Crippen molar-refractivity contribution in [2.45, 2.75) is 32.2 Å². The van der Waals surface area contributed by atoms with Crippen molar-refractivity contribution >= 4 is 11.8 Å². The monoisotopic (exact) mass is 251 g/mol. The van der Waals surface area contributed by atoms with Crippen LogP contribution >= 0.6 is 0 Å². The van der Waals surface area contributed by atoms with Gasteiger partial charge in [-0.2, -0.15) is 0 Å². The summed E-state index contributed by atoms with van der Waals surface area (Å²) in [5.41, 5.74) is 6.37. The first kappa shape index (κ1) is 14.2. The molecule has 5 heteroatoms. The SMILES string of the molecule is CCCC(=O)c1cc(O)ccc1CC(N)C(=O)O. The number of nitrogens with two attached hydrogens (primary N) is 1. The third-order valence-corrected chi connectivity index (χ3v) is 2.63. The van der Waals surface area contributed by atoms with Crippen LogP contribution in [-0.4, -0.2) is 28.0 Å². The standard InChI is InChI=1S/C13H17NO4/c1-2-3-12(16)10-7-9(15)5-4-8(10)6-11(14)13(17)18/h4-5,7,11,15H,2-3,6,14H2,1H3,(H,17,18). The Bertz CT molecular complexity index is 456. The minimum Gasteiger partial charge on any atom is -0.508 e. The smallest absolute Gasteiger partial charge is 0.320 e. The molecule has 0 amide bonds. The van der Waals surface area contributed by atoms with Gasteiger partial charge < -0.3 is 15.9 Å². The minimum absolute atomic E-state index is 0.0119. The number of ketones is 1. The summed E-state index contributed by atoms with van der Waals surface area (Å²) in [6.45, 7) is 1.88. The summed E-state index contributed by atoms with van der Waals surface area (Å²) in [6, 6.07) is 3.28. The number of carbonyl (C=O) groups excluding carboxylic acids is 1. The van der Waals surface area contributed by atoms with Crippen molar-refractivity contribution in [1.29, 1.82) is 0 Å². The van der Waals surface area contributed by atoms with Gasteiger partial charge in [0.25, 0.3) is 0 Å². The van der Waals surface area contributed by atoms with Crippen LogP contribution in [0.4, 0.5) is 0 Å². The molecule has 0 saturated carbocycles. The molecule has 1 unspecified atom stereocenters. The molecule has 1 aromatic rings. The van der Waals surface area contributed by atoms with Gasteiger partial charge in [-0.25, -0.2) is 0 Å². The Morgan fingerprint density at radius 2 is 2.06 bits per heavy atom. The molecule has 1 aromatic carbocycles. The number of hydrogen-bond donors (Lipinski definition) is 3. The van der Waals surface area contributed by atoms with Crippen LogP contribution in [0.2, 0.25) is 0 Å². The van der Waals surface area contributed by atoms with E-state index in [1.165, 1.54) is 12.1 Å². The molecule has 0 spiro atoms. The van der Waals surface area contributed by atoms with Crippen molar-refractivity contribution in [3.8, 4) is 5.75 Å². The first-order chi connectivity index (χ1) is 8.45. The average Bonchev–Trinajstić information content (AvgIpc) is 2.31. The highest BCUT2D eigenvalue weighted by Gasteiger charge is 2.17. The molecule has 5 nitrogen and oxygen atoms in total. The molecule has 18 heavy (non-hydrogen) atoms. The molecule has 0 radical (unpaired) electrons. The molecule has 0 aliphatic carbocycles. The molecule has 0 aliphatic heterocycles. The number of carboxylic acid groups (broad SMARTS) is 1. The van der Waals surface area contributed by atoms with Crippen molar-refractivity contribution in [1.82, 2.24) is 0 Å². The lowest BCUT2D eigenvalue weighted by Crippen LogP contribution is -2.32. The molecule has 0 bridgehead atoms. The Kier molecular flexibility index (Phi) is 4.85. The Morgan fingerprint density at radius 3 is 2.61 bits per heavy atom. The molecule has 98 valence electrons. The number of Topliss-reactive ketones (excluding diaryl/α,β-unsaturated/α-hetero) is 1. The summed E-state index contributed by atoms with van der Waals surface area (Å²) in [5, 5.41) is 18.2. The minimum atomic E-state index is -1.11. The van der Waals surface area contributed by atoms with Crippen molar-refractivity contribution in [3.05, 3.63) is 29.3 Å². The van der Waals surface area contributed by atoms with Gasteiger partial charge in [0.05, 0.1) is 0 Å². The summed E-state index contributed by atoms with van der Waals surface area (Å²) in [5.74, 6) is -1.24. The highest BCUT2D eigenvalue weighted by Crippen LogP contribution is 2.20. The van der Waals surface area contributed by atoms with E-state index in [-0.39, 0.29) is 18.0 Å². The van der Waals surface area contributed by atoms with Crippen LogP contribution in [0.15, 0.2) is 18.2 Å². The van der Waals surface area contributed by atoms with Gasteiger partial charge in [0.15, 0.2) is 5.78 Å². The number of carboxylic acids is 1. The fraction of sp³-hybridized carbons (Fsp3) is 0.385. The van der Waals surface area contributed by atoms with Crippen molar-refractivity contribution < 1.29 is 19.8 Å². The number of phenolic OH excluding ortho intramolecular Hbond substituents is 1. The largest absolute Gasteiger partial charge is 0.508 e. The third-order valence-electron chi connectivity index (χ3n) is 2.63. The Morgan fingerprint density at radius 1 is 1.39 bits per heavy atom. The van der Waals surface area contributed by atoms with E-state index in [1.54, 1.807) is 6.07 Å². The Labute approximate surface area is 105 Å². The zero-order chi connectivity index (χ0) is 13.7. The summed E-state index contributed by atoms with van der Waals surface area (Å²) in [6.07, 6.45) is 1.12. The second-order valence-electron chi connectivity index (χ2n) is 4.16. The Balaban J connectivity index is 3.03. The van der Waals surface area contributed by atoms with Gasteiger partial charge >= 0.3 is 5.97 Å². The fourth-order valence-corrected chi connectivity index (χ4v) is 1.69. The van der Waals surface area contributed by atoms with Gasteiger partial charge in [-0.3, -0.25) is 9.59 Å². The molecule has 0 aromatic heterocycles. The molecule has 0 aliphatic rings. The quantitative estimate of drug-likeness (QED) is 0.662. The highest BCUT2D eigenvalue weighted by atomic mass is 16.4. The first-order valence-corrected chi connectivity index (χ1v) is 5.79. The molecule has 0 fully saturated rings. The fourth-order valence-electron chi connectivity index (χ4n) is 1.69. The van der Waals surface area contributed by atoms with Crippen LogP contribution in [0, 0.1) is 0 Å². The lowest BCUT2D eigenvalue weighted by atomic mass is 9.96. The topological polar surface area (TPSA) is 101 Å². The number of hydrogen-bond acceptors (Lipinski definition) is 4. The van der Waals surface area contributed by atoms with Crippen LogP contribution in [-0.2, 0) is 11.2 Å². The van der Waals surface area contributed by atoms with Crippen LogP contribution in [0.3, 0.4) is 0 Å². The molecular weight excluding hydrogens is 234 g/mol. The summed E-state index contributed by atoms with van der Waals surface area (Å²) < 4.78 is 0. The van der Waals surface area contributed by atoms with Crippen LogP contribution in [0.25, 0.3) is 0 Å². The van der Waals surface area contributed by atoms with Crippen LogP contribution in [0.1, 0.15) is 35.7 Å². The van der Waals surface area contributed by atoms with E-state index < -0.39 is 12.0 Å². The van der Waals surface area contributed by atoms with Crippen molar-refractivity contribution in [2.75, 3.05) is 0 Å². The number of aliphatic carboxylic acids is 1. The zero-order valence-corrected chi connectivity index (χ0v) is 10.2. The second-order valence-corrected chi connectivity index (χ2v) is 4.16. The average molecular weight is 251 g/mol. The Hall–Kier alpha value is -1.88. The zero-order valence-electron chi connectivity index (χ0n) is 10.2. The number of phenols is 1. The lowest BCUT2D eigenvalue weighted by Gasteiger charge is -2.11. The van der Waals surface area contributed by atoms with Gasteiger partial charge in [0.1, 0.15) is 11.8 Å². The first-order valence-electron chi connectivity index (χ1n) is 5.79. The maximum absolute atomic E-state index is 11.9. The number of benzene rings is 1. The molecular formula is C13H17NO4. The van der Waals surface area contributed by atoms with Crippen molar-refractivity contribution in [3.63, 3.8) is 0 Å². The summed E-state index contributed by atoms with van der Waals surface area (Å²) in [4.78, 5) is 22.6. The highest BCUT2D eigenvalue weighted by molar-refractivity contribution is 5.98. The van der Waals surface area contributed by atoms with Crippen LogP contribution in [0.5, 0.6) is 5.75 Å². The van der Waals surface area contributed by atoms with Gasteiger partial charge in [-0.05, 0) is 30.5 Å². The van der Waals surface area contributed by atoms with Crippen LogP contribution < -0.4 is 5.73 Å². The van der Waals surface area contributed by atoms with Gasteiger partial charge in [-0.1, -0.05) is 13.0 Å². The molecule has 4 N–H and O–H groups in total. The number of carbonyl (C=O) groups is 2. The number of aromatic hydroxyl groups is 1. The van der Waals surface area contributed by atoms with E-state index in [4.69, 9.17) is 10.8 Å². The predicted molar refractivity (Wildman–Crippen MR) is 66.7 cm³/mol. The summed E-state index contributed by atoms with van der Waals surface area (Å²) >= 11 is 0. The molecule has 1 rings (SSSR count). The van der Waals surface area contributed by atoms with E-state index in [2.05, 4.69) is 0 Å². The molecule has 1 atom stereocenters. The second kappa shape index (κ2) is 6.16. The van der Waals surface area contributed by atoms with E-state index in [9.17, 15) is 14.7 Å². The normalized spacial score (nSPS) is 12.1. The van der Waals surface area contributed by atoms with Gasteiger partial charge in [0.2, 0.25) is 0 Å². The van der Waals surface area contributed by atoms with Gasteiger partial charge in [-0.15, -0.1) is 0 Å². The van der Waals surface area contributed by atoms with E-state index >= 15 is 0 Å². The maximum atomic E-state index is 11.9. The van der Waals surface area contributed by atoms with E-state index in [1.807, 2.05) is 6.92 Å². The van der Waals surface area contributed by atoms with E-state index in [0.29, 0.717) is 24.0 Å². The van der Waals surface area contributed by atoms with E-state index in [0.717, 1.165) is 0 Å². The van der Waals surface area contributed by atoms with Crippen molar-refractivity contribution in [2.24, 2.45) is 5.73 Å².